The third-order valence-corrected chi connectivity index (χ3v) is 5.00. The minimum atomic E-state index is 0.113. The van der Waals surface area contributed by atoms with Crippen molar-refractivity contribution >= 4 is 17.6 Å². The smallest absolute Gasteiger partial charge is 0.246 e. The number of para-hydroxylation sites is 1. The van der Waals surface area contributed by atoms with Gasteiger partial charge in [-0.25, -0.2) is 0 Å². The van der Waals surface area contributed by atoms with Crippen molar-refractivity contribution in [2.45, 2.75) is 33.1 Å². The first-order chi connectivity index (χ1) is 11.5. The molecule has 1 aromatic rings. The van der Waals surface area contributed by atoms with E-state index in [-0.39, 0.29) is 12.5 Å². The number of aliphatic imine (C=N–C) groups is 1. The number of nitrogens with zero attached hydrogens (tertiary/aromatic N) is 3. The molecule has 0 saturated carbocycles. The molecule has 0 aromatic heterocycles. The second-order valence-electron chi connectivity index (χ2n) is 7.51. The molecular weight excluding hydrogens is 300 g/mol. The Hall–Kier alpha value is -2.04. The molecule has 1 amide bonds. The lowest BCUT2D eigenvalue weighted by Crippen LogP contribution is -2.47. The summed E-state index contributed by atoms with van der Waals surface area (Å²) < 4.78 is 0. The molecule has 1 saturated heterocycles. The summed E-state index contributed by atoms with van der Waals surface area (Å²) in [5, 5.41) is 3.26. The first-order valence-electron chi connectivity index (χ1n) is 8.84. The third-order valence-electron chi connectivity index (χ3n) is 5.00. The van der Waals surface area contributed by atoms with Gasteiger partial charge in [0.2, 0.25) is 5.91 Å². The lowest BCUT2D eigenvalue weighted by Gasteiger charge is -2.30. The van der Waals surface area contributed by atoms with Crippen molar-refractivity contribution in [3.8, 4) is 0 Å². The van der Waals surface area contributed by atoms with E-state index < -0.39 is 0 Å². The van der Waals surface area contributed by atoms with Crippen LogP contribution in [0.25, 0.3) is 0 Å². The molecule has 0 atom stereocenters. The van der Waals surface area contributed by atoms with Crippen LogP contribution in [0.15, 0.2) is 29.3 Å². The zero-order valence-electron chi connectivity index (χ0n) is 15.0. The van der Waals surface area contributed by atoms with Crippen molar-refractivity contribution in [1.82, 2.24) is 10.2 Å². The van der Waals surface area contributed by atoms with E-state index >= 15 is 0 Å². The maximum Gasteiger partial charge on any atom is 0.246 e. The van der Waals surface area contributed by atoms with Gasteiger partial charge in [0.05, 0.1) is 6.54 Å². The maximum atomic E-state index is 12.7. The number of carbonyl (C=O) groups is 1. The van der Waals surface area contributed by atoms with Crippen LogP contribution in [0.3, 0.4) is 0 Å². The summed E-state index contributed by atoms with van der Waals surface area (Å²) in [6.45, 7) is 7.61. The van der Waals surface area contributed by atoms with E-state index in [2.05, 4.69) is 35.1 Å². The number of guanidine groups is 1. The van der Waals surface area contributed by atoms with Crippen LogP contribution in [0.5, 0.6) is 0 Å². The normalized spacial score (nSPS) is 20.0. The minimum Gasteiger partial charge on any atom is -0.347 e. The predicted molar refractivity (Wildman–Crippen MR) is 98.4 cm³/mol. The van der Waals surface area contributed by atoms with E-state index in [0.717, 1.165) is 50.5 Å². The molecule has 24 heavy (non-hydrogen) atoms. The summed E-state index contributed by atoms with van der Waals surface area (Å²) in [6.07, 6.45) is 3.23. The fourth-order valence-electron chi connectivity index (χ4n) is 3.67. The Morgan fingerprint density at radius 3 is 2.79 bits per heavy atom. The molecule has 0 spiro atoms. The van der Waals surface area contributed by atoms with Gasteiger partial charge < -0.3 is 15.1 Å². The third kappa shape index (κ3) is 3.55. The molecule has 130 valence electrons. The number of likely N-dealkylation sites (tertiary alicyclic amines) is 1. The number of benzene rings is 1. The van der Waals surface area contributed by atoms with Gasteiger partial charge in [-0.1, -0.05) is 32.0 Å². The van der Waals surface area contributed by atoms with Gasteiger partial charge in [0.1, 0.15) is 0 Å². The molecule has 0 radical (unpaired) electrons. The van der Waals surface area contributed by atoms with Gasteiger partial charge in [-0.15, -0.1) is 0 Å². The highest BCUT2D eigenvalue weighted by Crippen LogP contribution is 2.29. The fraction of sp³-hybridized carbons (Fsp3) is 0.579. The highest BCUT2D eigenvalue weighted by molar-refractivity contribution is 5.98. The molecule has 1 fully saturated rings. The SMILES string of the molecule is CN=C(NCC(=O)N1CCCc2ccccc21)N1CCC(C)(C)C1. The molecule has 5 heteroatoms. The van der Waals surface area contributed by atoms with Crippen LogP contribution in [0, 0.1) is 5.41 Å². The van der Waals surface area contributed by atoms with Crippen molar-refractivity contribution in [2.75, 3.05) is 38.1 Å². The first-order valence-corrected chi connectivity index (χ1v) is 8.84. The number of aryl methyl sites for hydroxylation is 1. The number of hydrogen-bond donors (Lipinski definition) is 1. The molecule has 2 aliphatic heterocycles. The molecule has 2 heterocycles. The summed E-state index contributed by atoms with van der Waals surface area (Å²) >= 11 is 0. The Morgan fingerprint density at radius 1 is 1.29 bits per heavy atom. The van der Waals surface area contributed by atoms with E-state index in [1.165, 1.54) is 5.56 Å². The van der Waals surface area contributed by atoms with Gasteiger partial charge in [0.15, 0.2) is 5.96 Å². The van der Waals surface area contributed by atoms with E-state index in [1.54, 1.807) is 7.05 Å². The standard InChI is InChI=1S/C19H28N4O/c1-19(2)10-12-22(14-19)18(20-3)21-13-17(24)23-11-6-8-15-7-4-5-9-16(15)23/h4-5,7,9H,6,8,10-14H2,1-3H3,(H,20,21). The average molecular weight is 328 g/mol. The van der Waals surface area contributed by atoms with E-state index in [4.69, 9.17) is 0 Å². The van der Waals surface area contributed by atoms with Gasteiger partial charge in [0.25, 0.3) is 0 Å². The zero-order chi connectivity index (χ0) is 17.2. The molecule has 0 unspecified atom stereocenters. The van der Waals surface area contributed by atoms with Gasteiger partial charge in [-0.3, -0.25) is 9.79 Å². The highest BCUT2D eigenvalue weighted by atomic mass is 16.2. The van der Waals surface area contributed by atoms with Gasteiger partial charge in [-0.05, 0) is 36.3 Å². The Bertz CT molecular complexity index is 638. The van der Waals surface area contributed by atoms with Crippen molar-refractivity contribution in [3.05, 3.63) is 29.8 Å². The number of hydrogen-bond acceptors (Lipinski definition) is 2. The molecule has 3 rings (SSSR count). The minimum absolute atomic E-state index is 0.113. The summed E-state index contributed by atoms with van der Waals surface area (Å²) in [4.78, 5) is 21.2. The second kappa shape index (κ2) is 6.83. The first kappa shape index (κ1) is 16.8. The highest BCUT2D eigenvalue weighted by Gasteiger charge is 2.31. The van der Waals surface area contributed by atoms with E-state index in [1.807, 2.05) is 23.1 Å². The van der Waals surface area contributed by atoms with Crippen molar-refractivity contribution in [2.24, 2.45) is 10.4 Å². The van der Waals surface area contributed by atoms with Crippen LogP contribution in [0.2, 0.25) is 0 Å². The Kier molecular flexibility index (Phi) is 4.78. The van der Waals surface area contributed by atoms with E-state index in [0.29, 0.717) is 5.41 Å². The largest absolute Gasteiger partial charge is 0.347 e. The quantitative estimate of drug-likeness (QED) is 0.669. The number of rotatable bonds is 2. The second-order valence-corrected chi connectivity index (χ2v) is 7.51. The molecule has 0 bridgehead atoms. The Labute approximate surface area is 144 Å². The van der Waals surface area contributed by atoms with Gasteiger partial charge >= 0.3 is 0 Å². The lowest BCUT2D eigenvalue weighted by atomic mass is 9.93. The Morgan fingerprint density at radius 2 is 2.08 bits per heavy atom. The summed E-state index contributed by atoms with van der Waals surface area (Å²) in [6, 6.07) is 8.21. The average Bonchev–Trinajstić information content (AvgIpc) is 2.94. The molecule has 2 aliphatic rings. The van der Waals surface area contributed by atoms with Crippen LogP contribution in [0.1, 0.15) is 32.3 Å². The predicted octanol–water partition coefficient (Wildman–Crippen LogP) is 2.27. The molecule has 5 nitrogen and oxygen atoms in total. The maximum absolute atomic E-state index is 12.7. The Balaban J connectivity index is 1.62. The number of carbonyl (C=O) groups excluding carboxylic acids is 1. The lowest BCUT2D eigenvalue weighted by molar-refractivity contribution is -0.117. The number of nitrogens with one attached hydrogen (secondary N) is 1. The van der Waals surface area contributed by atoms with Crippen LogP contribution in [-0.4, -0.2) is 50.0 Å². The topological polar surface area (TPSA) is 47.9 Å². The van der Waals surface area contributed by atoms with Crippen LogP contribution >= 0.6 is 0 Å². The zero-order valence-corrected chi connectivity index (χ0v) is 15.0. The molecule has 0 aliphatic carbocycles. The van der Waals surface area contributed by atoms with Gasteiger partial charge in [-0.2, -0.15) is 0 Å². The summed E-state index contributed by atoms with van der Waals surface area (Å²) in [5.41, 5.74) is 2.64. The summed E-state index contributed by atoms with van der Waals surface area (Å²) in [5.74, 6) is 0.945. The number of fused-ring (bicyclic) bond motifs is 1. The fourth-order valence-corrected chi connectivity index (χ4v) is 3.67. The van der Waals surface area contributed by atoms with Gasteiger partial charge in [0, 0.05) is 32.4 Å². The molecule has 1 N–H and O–H groups in total. The molecular formula is C19H28N4O. The van der Waals surface area contributed by atoms with E-state index in [9.17, 15) is 4.79 Å². The summed E-state index contributed by atoms with van der Waals surface area (Å²) in [7, 11) is 1.79. The number of amides is 1. The van der Waals surface area contributed by atoms with Crippen LogP contribution < -0.4 is 10.2 Å². The van der Waals surface area contributed by atoms with Crippen molar-refractivity contribution < 1.29 is 4.79 Å². The number of anilines is 1. The van der Waals surface area contributed by atoms with Crippen LogP contribution in [0.4, 0.5) is 5.69 Å². The van der Waals surface area contributed by atoms with Crippen molar-refractivity contribution in [1.29, 1.82) is 0 Å². The van der Waals surface area contributed by atoms with Crippen molar-refractivity contribution in [3.63, 3.8) is 0 Å². The monoisotopic (exact) mass is 328 g/mol. The van der Waals surface area contributed by atoms with Crippen LogP contribution in [-0.2, 0) is 11.2 Å². The molecule has 1 aromatic carbocycles.